The number of hydrogen-bond acceptors (Lipinski definition) is 6. The third kappa shape index (κ3) is 2.74. The number of oxazole rings is 1. The van der Waals surface area contributed by atoms with Crippen molar-refractivity contribution in [2.24, 2.45) is 0 Å². The number of pyridine rings is 1. The number of fused-ring (bicyclic) bond motifs is 3. The molecule has 3 aromatic heterocycles. The van der Waals surface area contributed by atoms with E-state index in [1.54, 1.807) is 18.9 Å². The average Bonchev–Trinajstić information content (AvgIpc) is 3.15. The number of hydrogen-bond donors (Lipinski definition) is 0. The van der Waals surface area contributed by atoms with Crippen molar-refractivity contribution in [1.82, 2.24) is 19.6 Å². The highest BCUT2D eigenvalue weighted by Crippen LogP contribution is 2.29. The minimum atomic E-state index is 0.606. The predicted molar refractivity (Wildman–Crippen MR) is 97.3 cm³/mol. The highest BCUT2D eigenvalue weighted by atomic mass is 32.2. The van der Waals surface area contributed by atoms with Gasteiger partial charge in [0, 0.05) is 11.5 Å². The minimum Gasteiger partial charge on any atom is -0.497 e. The number of methoxy groups -OCH3 is 1. The van der Waals surface area contributed by atoms with Gasteiger partial charge in [0.1, 0.15) is 11.5 Å². The molecule has 0 spiro atoms. The fourth-order valence-corrected chi connectivity index (χ4v) is 3.65. The number of nitrogens with zero attached hydrogens (tertiary/aromatic N) is 4. The van der Waals surface area contributed by atoms with Gasteiger partial charge < -0.3 is 9.15 Å². The first-order chi connectivity index (χ1) is 12.1. The van der Waals surface area contributed by atoms with Crippen LogP contribution in [0.5, 0.6) is 5.75 Å². The van der Waals surface area contributed by atoms with E-state index in [1.807, 2.05) is 32.0 Å². The molecule has 0 aliphatic carbocycles. The van der Waals surface area contributed by atoms with E-state index in [9.17, 15) is 0 Å². The Morgan fingerprint density at radius 1 is 1.16 bits per heavy atom. The molecule has 0 atom stereocenters. The smallest absolute Gasteiger partial charge is 0.205 e. The maximum Gasteiger partial charge on any atom is 0.205 e. The Labute approximate surface area is 149 Å². The molecule has 0 saturated heterocycles. The zero-order valence-electron chi connectivity index (χ0n) is 14.5. The standard InChI is InChI=1S/C18H18N4O2S/c1-10-7-16-20-21-18(25-9-17-19-11(2)12(3)24-17)22(16)15-8-13(23-4)5-6-14(10)15/h5-8H,9H2,1-4H3. The van der Waals surface area contributed by atoms with Crippen molar-refractivity contribution in [2.45, 2.75) is 31.7 Å². The van der Waals surface area contributed by atoms with E-state index in [4.69, 9.17) is 9.15 Å². The van der Waals surface area contributed by atoms with Gasteiger partial charge in [0.2, 0.25) is 5.89 Å². The second-order valence-electron chi connectivity index (χ2n) is 5.92. The van der Waals surface area contributed by atoms with Crippen molar-refractivity contribution in [1.29, 1.82) is 0 Å². The van der Waals surface area contributed by atoms with Crippen LogP contribution in [-0.2, 0) is 5.75 Å². The van der Waals surface area contributed by atoms with Crippen molar-refractivity contribution >= 4 is 28.3 Å². The molecule has 4 rings (SSSR count). The highest BCUT2D eigenvalue weighted by molar-refractivity contribution is 7.98. The van der Waals surface area contributed by atoms with Gasteiger partial charge in [-0.3, -0.25) is 4.40 Å². The van der Waals surface area contributed by atoms with Crippen LogP contribution in [0.4, 0.5) is 0 Å². The molecule has 0 radical (unpaired) electrons. The molecule has 0 fully saturated rings. The SMILES string of the molecule is COc1ccc2c(C)cc3nnc(SCc4nc(C)c(C)o4)n3c2c1. The van der Waals surface area contributed by atoms with Crippen LogP contribution in [0.1, 0.15) is 22.9 Å². The molecule has 0 bridgehead atoms. The average molecular weight is 354 g/mol. The fraction of sp³-hybridized carbons (Fsp3) is 0.278. The lowest BCUT2D eigenvalue weighted by Gasteiger charge is -2.09. The summed E-state index contributed by atoms with van der Waals surface area (Å²) in [4.78, 5) is 4.43. The van der Waals surface area contributed by atoms with E-state index < -0.39 is 0 Å². The van der Waals surface area contributed by atoms with Crippen molar-refractivity contribution < 1.29 is 9.15 Å². The van der Waals surface area contributed by atoms with Gasteiger partial charge in [-0.2, -0.15) is 0 Å². The molecule has 0 N–H and O–H groups in total. The predicted octanol–water partition coefficient (Wildman–Crippen LogP) is 4.10. The van der Waals surface area contributed by atoms with Crippen LogP contribution in [0.25, 0.3) is 16.6 Å². The van der Waals surface area contributed by atoms with Crippen LogP contribution >= 0.6 is 11.8 Å². The maximum atomic E-state index is 5.66. The molecule has 128 valence electrons. The van der Waals surface area contributed by atoms with Gasteiger partial charge >= 0.3 is 0 Å². The van der Waals surface area contributed by atoms with E-state index in [1.165, 1.54) is 0 Å². The third-order valence-corrected chi connectivity index (χ3v) is 5.19. The van der Waals surface area contributed by atoms with E-state index in [0.717, 1.165) is 44.5 Å². The molecule has 4 aromatic rings. The van der Waals surface area contributed by atoms with E-state index >= 15 is 0 Å². The molecule has 0 aliphatic heterocycles. The highest BCUT2D eigenvalue weighted by Gasteiger charge is 2.14. The molecule has 3 heterocycles. The summed E-state index contributed by atoms with van der Waals surface area (Å²) in [7, 11) is 1.67. The summed E-state index contributed by atoms with van der Waals surface area (Å²) < 4.78 is 13.1. The zero-order chi connectivity index (χ0) is 17.6. The van der Waals surface area contributed by atoms with E-state index in [2.05, 4.69) is 32.6 Å². The van der Waals surface area contributed by atoms with Crippen LogP contribution < -0.4 is 4.74 Å². The second kappa shape index (κ2) is 6.07. The van der Waals surface area contributed by atoms with Gasteiger partial charge in [-0.1, -0.05) is 11.8 Å². The van der Waals surface area contributed by atoms with E-state index in [-0.39, 0.29) is 0 Å². The minimum absolute atomic E-state index is 0.606. The molecular weight excluding hydrogens is 336 g/mol. The van der Waals surface area contributed by atoms with Gasteiger partial charge in [-0.15, -0.1) is 10.2 Å². The summed E-state index contributed by atoms with van der Waals surface area (Å²) in [6.45, 7) is 5.95. The van der Waals surface area contributed by atoms with Gasteiger partial charge in [0.05, 0.1) is 24.1 Å². The van der Waals surface area contributed by atoms with Crippen LogP contribution in [0.15, 0.2) is 33.8 Å². The van der Waals surface area contributed by atoms with Crippen molar-refractivity contribution in [3.8, 4) is 5.75 Å². The van der Waals surface area contributed by atoms with Crippen molar-refractivity contribution in [2.75, 3.05) is 7.11 Å². The summed E-state index contributed by atoms with van der Waals surface area (Å²) in [6, 6.07) is 8.10. The molecule has 7 heteroatoms. The van der Waals surface area contributed by atoms with Crippen LogP contribution in [0.3, 0.4) is 0 Å². The topological polar surface area (TPSA) is 65.5 Å². The number of thioether (sulfide) groups is 1. The molecule has 0 saturated carbocycles. The summed E-state index contributed by atoms with van der Waals surface area (Å²) in [6.07, 6.45) is 0. The largest absolute Gasteiger partial charge is 0.497 e. The first-order valence-corrected chi connectivity index (χ1v) is 8.93. The lowest BCUT2D eigenvalue weighted by molar-refractivity contribution is 0.415. The monoisotopic (exact) mass is 354 g/mol. The first kappa shape index (κ1) is 16.0. The summed E-state index contributed by atoms with van der Waals surface area (Å²) in [5, 5.41) is 10.6. The Balaban J connectivity index is 1.80. The summed E-state index contributed by atoms with van der Waals surface area (Å²) >= 11 is 1.56. The Kier molecular flexibility index (Phi) is 3.88. The Bertz CT molecular complexity index is 1060. The van der Waals surface area contributed by atoms with Crippen LogP contribution in [0.2, 0.25) is 0 Å². The molecule has 0 aliphatic rings. The lowest BCUT2D eigenvalue weighted by atomic mass is 10.1. The molecular formula is C18H18N4O2S. The summed E-state index contributed by atoms with van der Waals surface area (Å²) in [5.74, 6) is 2.97. The molecule has 1 aromatic carbocycles. The lowest BCUT2D eigenvalue weighted by Crippen LogP contribution is -1.95. The quantitative estimate of drug-likeness (QED) is 0.514. The fourth-order valence-electron chi connectivity index (χ4n) is 2.85. The van der Waals surface area contributed by atoms with Crippen molar-refractivity contribution in [3.05, 3.63) is 47.2 Å². The van der Waals surface area contributed by atoms with E-state index in [0.29, 0.717) is 11.6 Å². The number of aromatic nitrogens is 4. The normalized spacial score (nSPS) is 11.5. The number of aryl methyl sites for hydroxylation is 3. The molecule has 0 unspecified atom stereocenters. The molecule has 0 amide bonds. The van der Waals surface area contributed by atoms with Crippen LogP contribution in [0, 0.1) is 20.8 Å². The van der Waals surface area contributed by atoms with Gasteiger partial charge in [-0.25, -0.2) is 4.98 Å². The number of rotatable bonds is 4. The number of benzene rings is 1. The second-order valence-corrected chi connectivity index (χ2v) is 6.87. The van der Waals surface area contributed by atoms with Crippen molar-refractivity contribution in [3.63, 3.8) is 0 Å². The Morgan fingerprint density at radius 3 is 2.72 bits per heavy atom. The number of ether oxygens (including phenoxy) is 1. The van der Waals surface area contributed by atoms with Crippen LogP contribution in [-0.4, -0.2) is 26.7 Å². The van der Waals surface area contributed by atoms with Gasteiger partial charge in [0.25, 0.3) is 0 Å². The maximum absolute atomic E-state index is 5.66. The summed E-state index contributed by atoms with van der Waals surface area (Å²) in [5.41, 5.74) is 3.93. The zero-order valence-corrected chi connectivity index (χ0v) is 15.3. The van der Waals surface area contributed by atoms with Gasteiger partial charge in [0.15, 0.2) is 10.8 Å². The molecule has 25 heavy (non-hydrogen) atoms. The Hall–Kier alpha value is -2.54. The Morgan fingerprint density at radius 2 is 2.00 bits per heavy atom. The van der Waals surface area contributed by atoms with Gasteiger partial charge in [-0.05, 0) is 44.5 Å². The first-order valence-electron chi connectivity index (χ1n) is 7.95. The third-order valence-electron chi connectivity index (χ3n) is 4.27. The molecule has 6 nitrogen and oxygen atoms in total.